The first-order chi connectivity index (χ1) is 11.6. The number of anilines is 1. The van der Waals surface area contributed by atoms with Gasteiger partial charge in [0, 0.05) is 30.0 Å². The van der Waals surface area contributed by atoms with Gasteiger partial charge in [0.15, 0.2) is 0 Å². The second-order valence-corrected chi connectivity index (χ2v) is 6.19. The van der Waals surface area contributed by atoms with Crippen LogP contribution in [0.25, 0.3) is 11.3 Å². The molecule has 7 nitrogen and oxygen atoms in total. The predicted octanol–water partition coefficient (Wildman–Crippen LogP) is 3.18. The Hall–Kier alpha value is -2.41. The van der Waals surface area contributed by atoms with Crippen molar-refractivity contribution in [1.82, 2.24) is 20.3 Å². The molecule has 0 saturated heterocycles. The van der Waals surface area contributed by atoms with E-state index >= 15 is 0 Å². The second kappa shape index (κ2) is 7.44. The molecule has 8 heteroatoms. The lowest BCUT2D eigenvalue weighted by Crippen LogP contribution is -2.41. The molecule has 1 aliphatic rings. The van der Waals surface area contributed by atoms with E-state index in [0.29, 0.717) is 23.1 Å². The third kappa shape index (κ3) is 4.11. The van der Waals surface area contributed by atoms with Gasteiger partial charge in [-0.2, -0.15) is 0 Å². The molecule has 1 aliphatic carbocycles. The first kappa shape index (κ1) is 16.4. The van der Waals surface area contributed by atoms with Crippen molar-refractivity contribution >= 4 is 23.6 Å². The molecule has 3 N–H and O–H groups in total. The molecule has 0 radical (unpaired) electrons. The highest BCUT2D eigenvalue weighted by Gasteiger charge is 2.24. The van der Waals surface area contributed by atoms with Gasteiger partial charge in [0.05, 0.1) is 16.9 Å². The van der Waals surface area contributed by atoms with E-state index in [1.54, 1.807) is 18.6 Å². The summed E-state index contributed by atoms with van der Waals surface area (Å²) in [4.78, 5) is 23.6. The molecular weight excluding hydrogens is 330 g/mol. The highest BCUT2D eigenvalue weighted by atomic mass is 35.5. The van der Waals surface area contributed by atoms with E-state index in [4.69, 9.17) is 16.7 Å². The molecule has 2 aromatic heterocycles. The molecule has 3 rings (SSSR count). The molecule has 24 heavy (non-hydrogen) atoms. The molecule has 0 aromatic carbocycles. The quantitative estimate of drug-likeness (QED) is 0.785. The molecule has 0 aliphatic heterocycles. The standard InChI is InChI=1S/C16H18ClN5O2/c17-13-9-19-15(22-14(13)10-3-2-6-18-8-10)20-11-4-1-5-12(7-11)21-16(23)24/h2-3,6,8-9,11-12,21H,1,4-5,7H2,(H,23,24)(H,19,20,22)/t11-,12+/m1/s1. The highest BCUT2D eigenvalue weighted by Crippen LogP contribution is 2.27. The lowest BCUT2D eigenvalue weighted by atomic mass is 9.91. The van der Waals surface area contributed by atoms with Crippen LogP contribution in [0.3, 0.4) is 0 Å². The Labute approximate surface area is 144 Å². The Kier molecular flexibility index (Phi) is 5.10. The second-order valence-electron chi connectivity index (χ2n) is 5.79. The van der Waals surface area contributed by atoms with Crippen molar-refractivity contribution in [1.29, 1.82) is 0 Å². The van der Waals surface area contributed by atoms with Crippen LogP contribution in [-0.2, 0) is 0 Å². The maximum Gasteiger partial charge on any atom is 0.404 e. The van der Waals surface area contributed by atoms with E-state index in [2.05, 4.69) is 25.6 Å². The molecule has 0 bridgehead atoms. The maximum atomic E-state index is 10.8. The topological polar surface area (TPSA) is 100 Å². The number of nitrogens with one attached hydrogen (secondary N) is 2. The molecule has 0 spiro atoms. The van der Waals surface area contributed by atoms with Crippen molar-refractivity contribution in [3.63, 3.8) is 0 Å². The van der Waals surface area contributed by atoms with Crippen molar-refractivity contribution in [3.8, 4) is 11.3 Å². The van der Waals surface area contributed by atoms with Crippen molar-refractivity contribution < 1.29 is 9.90 Å². The van der Waals surface area contributed by atoms with Crippen molar-refractivity contribution in [3.05, 3.63) is 35.7 Å². The number of pyridine rings is 1. The Bertz CT molecular complexity index is 713. The van der Waals surface area contributed by atoms with Crippen LogP contribution in [0.15, 0.2) is 30.7 Å². The fourth-order valence-electron chi connectivity index (χ4n) is 2.95. The summed E-state index contributed by atoms with van der Waals surface area (Å²) < 4.78 is 0. The van der Waals surface area contributed by atoms with Gasteiger partial charge >= 0.3 is 6.09 Å². The van der Waals surface area contributed by atoms with E-state index in [9.17, 15) is 4.79 Å². The number of amides is 1. The number of hydrogen-bond donors (Lipinski definition) is 3. The van der Waals surface area contributed by atoms with Crippen molar-refractivity contribution in [2.24, 2.45) is 0 Å². The number of nitrogens with zero attached hydrogens (tertiary/aromatic N) is 3. The largest absolute Gasteiger partial charge is 0.465 e. The van der Waals surface area contributed by atoms with E-state index in [1.807, 2.05) is 12.1 Å². The van der Waals surface area contributed by atoms with Crippen LogP contribution in [-0.4, -0.2) is 38.2 Å². The average molecular weight is 348 g/mol. The summed E-state index contributed by atoms with van der Waals surface area (Å²) in [6.07, 6.45) is 7.43. The molecule has 1 saturated carbocycles. The van der Waals surface area contributed by atoms with Crippen molar-refractivity contribution in [2.45, 2.75) is 37.8 Å². The van der Waals surface area contributed by atoms with Gasteiger partial charge in [0.25, 0.3) is 0 Å². The van der Waals surface area contributed by atoms with Gasteiger partial charge in [-0.25, -0.2) is 14.8 Å². The SMILES string of the molecule is O=C(O)N[C@H]1CCC[C@@H](Nc2ncc(Cl)c(-c3cccnc3)n2)C1. The maximum absolute atomic E-state index is 10.8. The number of hydrogen-bond acceptors (Lipinski definition) is 5. The summed E-state index contributed by atoms with van der Waals surface area (Å²) in [6, 6.07) is 3.79. The van der Waals surface area contributed by atoms with Gasteiger partial charge in [-0.1, -0.05) is 11.6 Å². The molecule has 0 unspecified atom stereocenters. The van der Waals surface area contributed by atoms with E-state index in [1.165, 1.54) is 0 Å². The summed E-state index contributed by atoms with van der Waals surface area (Å²) in [5.74, 6) is 0.485. The summed E-state index contributed by atoms with van der Waals surface area (Å²) in [7, 11) is 0. The van der Waals surface area contributed by atoms with Crippen LogP contribution in [0.1, 0.15) is 25.7 Å². The lowest BCUT2D eigenvalue weighted by molar-refractivity contribution is 0.185. The molecule has 1 fully saturated rings. The Morgan fingerprint density at radius 3 is 2.88 bits per heavy atom. The van der Waals surface area contributed by atoms with Crippen LogP contribution >= 0.6 is 11.6 Å². The minimum atomic E-state index is -0.984. The molecule has 2 aromatic rings. The average Bonchev–Trinajstić information content (AvgIpc) is 2.57. The van der Waals surface area contributed by atoms with E-state index < -0.39 is 6.09 Å². The normalized spacial score (nSPS) is 20.4. The van der Waals surface area contributed by atoms with Gasteiger partial charge in [0.1, 0.15) is 0 Å². The first-order valence-corrected chi connectivity index (χ1v) is 8.18. The number of carboxylic acid groups (broad SMARTS) is 1. The monoisotopic (exact) mass is 347 g/mol. The summed E-state index contributed by atoms with van der Waals surface area (Å²) in [5, 5.41) is 15.2. The Balaban J connectivity index is 1.72. The van der Waals surface area contributed by atoms with Gasteiger partial charge in [-0.3, -0.25) is 4.98 Å². The third-order valence-electron chi connectivity index (χ3n) is 4.01. The van der Waals surface area contributed by atoms with Gasteiger partial charge in [-0.15, -0.1) is 0 Å². The minimum absolute atomic E-state index is 0.0427. The minimum Gasteiger partial charge on any atom is -0.465 e. The van der Waals surface area contributed by atoms with Crippen LogP contribution in [0, 0.1) is 0 Å². The smallest absolute Gasteiger partial charge is 0.404 e. The van der Waals surface area contributed by atoms with Gasteiger partial charge in [-0.05, 0) is 37.8 Å². The molecule has 1 amide bonds. The molecule has 2 atom stereocenters. The van der Waals surface area contributed by atoms with Crippen LogP contribution in [0.2, 0.25) is 5.02 Å². The Morgan fingerprint density at radius 2 is 2.12 bits per heavy atom. The van der Waals surface area contributed by atoms with Gasteiger partial charge in [0.2, 0.25) is 5.95 Å². The summed E-state index contributed by atoms with van der Waals surface area (Å²) >= 11 is 6.20. The molecule has 126 valence electrons. The number of aromatic nitrogens is 3. The number of carbonyl (C=O) groups is 1. The predicted molar refractivity (Wildman–Crippen MR) is 91.1 cm³/mol. The fraction of sp³-hybridized carbons (Fsp3) is 0.375. The zero-order valence-corrected chi connectivity index (χ0v) is 13.7. The van der Waals surface area contributed by atoms with Crippen LogP contribution < -0.4 is 10.6 Å². The van der Waals surface area contributed by atoms with Crippen molar-refractivity contribution in [2.75, 3.05) is 5.32 Å². The molecule has 2 heterocycles. The fourth-order valence-corrected chi connectivity index (χ4v) is 3.15. The zero-order chi connectivity index (χ0) is 16.9. The lowest BCUT2D eigenvalue weighted by Gasteiger charge is -2.29. The first-order valence-electron chi connectivity index (χ1n) is 7.81. The zero-order valence-electron chi connectivity index (χ0n) is 12.9. The molecular formula is C16H18ClN5O2. The highest BCUT2D eigenvalue weighted by molar-refractivity contribution is 6.32. The van der Waals surface area contributed by atoms with E-state index in [-0.39, 0.29) is 12.1 Å². The van der Waals surface area contributed by atoms with E-state index in [0.717, 1.165) is 24.8 Å². The summed E-state index contributed by atoms with van der Waals surface area (Å²) in [5.41, 5.74) is 1.44. The Morgan fingerprint density at radius 1 is 1.29 bits per heavy atom. The van der Waals surface area contributed by atoms with Crippen LogP contribution in [0.4, 0.5) is 10.7 Å². The number of rotatable bonds is 4. The third-order valence-corrected chi connectivity index (χ3v) is 4.29. The summed E-state index contributed by atoms with van der Waals surface area (Å²) in [6.45, 7) is 0. The number of halogens is 1. The van der Waals surface area contributed by atoms with Crippen LogP contribution in [0.5, 0.6) is 0 Å². The van der Waals surface area contributed by atoms with Gasteiger partial charge < -0.3 is 15.7 Å².